The molecule has 40 heavy (non-hydrogen) atoms. The Bertz CT molecular complexity index is 1630. The number of fused-ring (bicyclic) bond motifs is 1. The lowest BCUT2D eigenvalue weighted by Crippen LogP contribution is -2.25. The van der Waals surface area contributed by atoms with E-state index in [0.717, 1.165) is 41.3 Å². The molecule has 1 aliphatic rings. The van der Waals surface area contributed by atoms with E-state index in [4.69, 9.17) is 26.1 Å². The average molecular weight is 688 g/mol. The van der Waals surface area contributed by atoms with E-state index in [2.05, 4.69) is 43.0 Å². The van der Waals surface area contributed by atoms with Gasteiger partial charge >= 0.3 is 0 Å². The van der Waals surface area contributed by atoms with Gasteiger partial charge in [-0.05, 0) is 72.4 Å². The summed E-state index contributed by atoms with van der Waals surface area (Å²) in [6, 6.07) is 15.5. The van der Waals surface area contributed by atoms with Gasteiger partial charge in [0.05, 0.1) is 23.7 Å². The normalized spacial score (nSPS) is 14.2. The molecule has 3 aromatic carbocycles. The Labute approximate surface area is 255 Å². The lowest BCUT2D eigenvalue weighted by Gasteiger charge is -2.23. The van der Waals surface area contributed by atoms with Gasteiger partial charge in [0.1, 0.15) is 17.5 Å². The van der Waals surface area contributed by atoms with Crippen LogP contribution in [0.5, 0.6) is 11.5 Å². The summed E-state index contributed by atoms with van der Waals surface area (Å²) in [7, 11) is 0. The van der Waals surface area contributed by atoms with E-state index < -0.39 is 0 Å². The molecule has 1 heterocycles. The van der Waals surface area contributed by atoms with Gasteiger partial charge in [-0.25, -0.2) is 4.98 Å². The van der Waals surface area contributed by atoms with Gasteiger partial charge in [-0.3, -0.25) is 4.79 Å². The van der Waals surface area contributed by atoms with Crippen molar-refractivity contribution in [1.29, 1.82) is 0 Å². The first-order valence-electron chi connectivity index (χ1n) is 13.5. The first-order chi connectivity index (χ1) is 19.4. The van der Waals surface area contributed by atoms with Crippen LogP contribution in [0.3, 0.4) is 0 Å². The summed E-state index contributed by atoms with van der Waals surface area (Å²) >= 11 is 13.9. The summed E-state index contributed by atoms with van der Waals surface area (Å²) in [6.07, 6.45) is 7.04. The van der Waals surface area contributed by atoms with Crippen molar-refractivity contribution >= 4 is 60.6 Å². The van der Waals surface area contributed by atoms with Gasteiger partial charge in [-0.1, -0.05) is 76.6 Å². The fourth-order valence-electron chi connectivity index (χ4n) is 5.08. The molecule has 0 atom stereocenters. The molecule has 1 saturated carbocycles. The third-order valence-corrected chi connectivity index (χ3v) is 8.97. The van der Waals surface area contributed by atoms with Gasteiger partial charge < -0.3 is 9.47 Å². The molecule has 9 heteroatoms. The molecule has 208 valence electrons. The zero-order chi connectivity index (χ0) is 28.2. The van der Waals surface area contributed by atoms with Crippen LogP contribution in [-0.4, -0.2) is 22.5 Å². The maximum absolute atomic E-state index is 13.7. The highest BCUT2D eigenvalue weighted by Gasteiger charge is 2.23. The van der Waals surface area contributed by atoms with E-state index in [1.165, 1.54) is 11.1 Å². The Balaban J connectivity index is 1.55. The zero-order valence-electron chi connectivity index (χ0n) is 22.4. The van der Waals surface area contributed by atoms with Crippen molar-refractivity contribution < 1.29 is 9.47 Å². The largest absolute Gasteiger partial charge is 0.490 e. The maximum Gasteiger partial charge on any atom is 0.282 e. The second-order valence-corrected chi connectivity index (χ2v) is 12.0. The Kier molecular flexibility index (Phi) is 9.28. The SMILES string of the molecule is CCOc1cc(C=Nn2c(C3CCCCC3)nc3ccc(Br)cc3c2=O)c(Br)c(Cl)c1OCc1cccc(C)c1. The fourth-order valence-corrected chi connectivity index (χ4v) is 6.09. The second kappa shape index (κ2) is 12.9. The number of halogens is 3. The number of ether oxygens (including phenoxy) is 2. The van der Waals surface area contributed by atoms with Crippen molar-refractivity contribution in [3.05, 3.63) is 95.4 Å². The minimum atomic E-state index is -0.200. The third kappa shape index (κ3) is 6.29. The average Bonchev–Trinajstić information content (AvgIpc) is 2.95. The van der Waals surface area contributed by atoms with Crippen molar-refractivity contribution in [1.82, 2.24) is 9.66 Å². The van der Waals surface area contributed by atoms with Crippen LogP contribution in [0.15, 0.2) is 67.4 Å². The van der Waals surface area contributed by atoms with Crippen LogP contribution in [0.1, 0.15) is 67.5 Å². The van der Waals surface area contributed by atoms with Crippen LogP contribution in [0.25, 0.3) is 10.9 Å². The van der Waals surface area contributed by atoms with Gasteiger partial charge in [0.25, 0.3) is 5.56 Å². The zero-order valence-corrected chi connectivity index (χ0v) is 26.4. The van der Waals surface area contributed by atoms with Crippen LogP contribution in [0.2, 0.25) is 5.02 Å². The highest BCUT2D eigenvalue weighted by molar-refractivity contribution is 9.10. The topological polar surface area (TPSA) is 65.7 Å². The van der Waals surface area contributed by atoms with Gasteiger partial charge in [0.15, 0.2) is 11.5 Å². The van der Waals surface area contributed by atoms with Crippen LogP contribution in [0.4, 0.5) is 0 Å². The highest BCUT2D eigenvalue weighted by Crippen LogP contribution is 2.43. The van der Waals surface area contributed by atoms with Gasteiger partial charge in [-0.2, -0.15) is 9.78 Å². The van der Waals surface area contributed by atoms with E-state index in [9.17, 15) is 4.79 Å². The minimum absolute atomic E-state index is 0.176. The van der Waals surface area contributed by atoms with E-state index in [1.54, 1.807) is 12.3 Å². The van der Waals surface area contributed by atoms with E-state index in [1.807, 2.05) is 50.2 Å². The summed E-state index contributed by atoms with van der Waals surface area (Å²) in [5, 5.41) is 5.57. The molecule has 0 unspecified atom stereocenters. The predicted molar refractivity (Wildman–Crippen MR) is 168 cm³/mol. The van der Waals surface area contributed by atoms with Crippen LogP contribution >= 0.6 is 43.5 Å². The number of benzene rings is 3. The lowest BCUT2D eigenvalue weighted by atomic mass is 9.88. The van der Waals surface area contributed by atoms with E-state index >= 15 is 0 Å². The summed E-state index contributed by atoms with van der Waals surface area (Å²) in [5.41, 5.74) is 3.33. The second-order valence-electron chi connectivity index (χ2n) is 9.96. The molecule has 0 aliphatic heterocycles. The number of hydrogen-bond donors (Lipinski definition) is 0. The van der Waals surface area contributed by atoms with Gasteiger partial charge in [0, 0.05) is 20.4 Å². The molecule has 1 aromatic heterocycles. The smallest absolute Gasteiger partial charge is 0.282 e. The number of nitrogens with zero attached hydrogens (tertiary/aromatic N) is 3. The predicted octanol–water partition coefficient (Wildman–Crippen LogP) is 8.79. The number of aromatic nitrogens is 2. The molecule has 0 N–H and O–H groups in total. The highest BCUT2D eigenvalue weighted by atomic mass is 79.9. The molecule has 0 spiro atoms. The summed E-state index contributed by atoms with van der Waals surface area (Å²) in [4.78, 5) is 18.6. The Morgan fingerprint density at radius 3 is 2.65 bits per heavy atom. The van der Waals surface area contributed by atoms with Gasteiger partial charge in [0.2, 0.25) is 0 Å². The molecule has 0 saturated heterocycles. The molecular weight excluding hydrogens is 658 g/mol. The van der Waals surface area contributed by atoms with Crippen LogP contribution in [0, 0.1) is 6.92 Å². The Morgan fingerprint density at radius 2 is 1.90 bits per heavy atom. The molecule has 4 aromatic rings. The monoisotopic (exact) mass is 685 g/mol. The minimum Gasteiger partial charge on any atom is -0.490 e. The van der Waals surface area contributed by atoms with E-state index in [-0.39, 0.29) is 11.5 Å². The molecule has 0 bridgehead atoms. The van der Waals surface area contributed by atoms with Crippen LogP contribution < -0.4 is 15.0 Å². The molecule has 6 nitrogen and oxygen atoms in total. The molecule has 5 rings (SSSR count). The molecule has 0 radical (unpaired) electrons. The summed E-state index contributed by atoms with van der Waals surface area (Å²) in [5.74, 6) is 1.83. The van der Waals surface area contributed by atoms with Crippen molar-refractivity contribution in [2.75, 3.05) is 6.61 Å². The van der Waals surface area contributed by atoms with Crippen molar-refractivity contribution in [2.24, 2.45) is 5.10 Å². The van der Waals surface area contributed by atoms with Gasteiger partial charge in [-0.15, -0.1) is 0 Å². The Hall–Kier alpha value is -2.68. The summed E-state index contributed by atoms with van der Waals surface area (Å²) < 4.78 is 14.9. The third-order valence-electron chi connectivity index (χ3n) is 7.04. The van der Waals surface area contributed by atoms with Crippen molar-refractivity contribution in [3.8, 4) is 11.5 Å². The number of rotatable bonds is 8. The summed E-state index contributed by atoms with van der Waals surface area (Å²) in [6.45, 7) is 4.73. The molecule has 1 fully saturated rings. The van der Waals surface area contributed by atoms with Crippen LogP contribution in [-0.2, 0) is 6.61 Å². The van der Waals surface area contributed by atoms with E-state index in [0.29, 0.717) is 56.5 Å². The number of aryl methyl sites for hydroxylation is 1. The quantitative estimate of drug-likeness (QED) is 0.174. The molecular formula is C31H30Br2ClN3O3. The number of hydrogen-bond acceptors (Lipinski definition) is 5. The molecule has 1 aliphatic carbocycles. The lowest BCUT2D eigenvalue weighted by molar-refractivity contribution is 0.269. The van der Waals surface area contributed by atoms with Crippen molar-refractivity contribution in [2.45, 2.75) is 58.5 Å². The molecule has 0 amide bonds. The maximum atomic E-state index is 13.7. The fraction of sp³-hybridized carbons (Fsp3) is 0.323. The first-order valence-corrected chi connectivity index (χ1v) is 15.4. The van der Waals surface area contributed by atoms with Crippen molar-refractivity contribution in [3.63, 3.8) is 0 Å². The standard InChI is InChI=1S/C31H30Br2ClN3O3/c1-3-39-26-15-22(27(33)28(34)29(26)40-18-20-9-7-8-19(2)14-20)17-35-37-30(21-10-5-4-6-11-21)36-25-13-12-23(32)16-24(25)31(37)38/h7-9,12-17,21H,3-6,10-11,18H2,1-2H3. The Morgan fingerprint density at radius 1 is 1.10 bits per heavy atom. The first kappa shape index (κ1) is 28.8.